The molecule has 0 fully saturated rings. The van der Waals surface area contributed by atoms with Gasteiger partial charge in [0.05, 0.1) is 23.2 Å². The molecule has 5 nitrogen and oxygen atoms in total. The summed E-state index contributed by atoms with van der Waals surface area (Å²) < 4.78 is 7.62. The number of nitrogens with two attached hydrogens (primary N) is 1. The summed E-state index contributed by atoms with van der Waals surface area (Å²) in [6.45, 7) is 3.68. The molecule has 1 aromatic carbocycles. The van der Waals surface area contributed by atoms with Crippen molar-refractivity contribution in [2.45, 2.75) is 25.2 Å². The van der Waals surface area contributed by atoms with Gasteiger partial charge in [-0.25, -0.2) is 0 Å². The molecule has 1 aromatic heterocycles. The monoisotopic (exact) mass is 346 g/mol. The van der Waals surface area contributed by atoms with Crippen molar-refractivity contribution in [3.05, 3.63) is 34.1 Å². The minimum Gasteiger partial charge on any atom is -0.490 e. The molecule has 0 aliphatic rings. The Kier molecular flexibility index (Phi) is 6.17. The maximum absolute atomic E-state index is 6.04. The van der Waals surface area contributed by atoms with Gasteiger partial charge in [-0.05, 0) is 19.1 Å². The Bertz CT molecular complexity index is 586. The van der Waals surface area contributed by atoms with E-state index >= 15 is 0 Å². The van der Waals surface area contributed by atoms with Crippen LogP contribution in [0.15, 0.2) is 23.4 Å². The van der Waals surface area contributed by atoms with Gasteiger partial charge in [-0.2, -0.15) is 0 Å². The Balaban J connectivity index is 1.89. The molecule has 0 radical (unpaired) electrons. The third kappa shape index (κ3) is 4.03. The molecule has 2 rings (SSSR count). The molecule has 0 spiro atoms. The first-order valence-corrected chi connectivity index (χ1v) is 8.23. The normalized spacial score (nSPS) is 10.9. The van der Waals surface area contributed by atoms with Crippen LogP contribution < -0.4 is 10.5 Å². The second kappa shape index (κ2) is 7.89. The van der Waals surface area contributed by atoms with E-state index < -0.39 is 0 Å². The lowest BCUT2D eigenvalue weighted by molar-refractivity contribution is 0.344. The topological polar surface area (TPSA) is 66.0 Å². The van der Waals surface area contributed by atoms with Crippen molar-refractivity contribution in [2.75, 3.05) is 12.4 Å². The third-order valence-electron chi connectivity index (χ3n) is 2.77. The second-order valence-corrected chi connectivity index (χ2v) is 5.97. The van der Waals surface area contributed by atoms with Gasteiger partial charge in [-0.15, -0.1) is 10.2 Å². The van der Waals surface area contributed by atoms with Crippen LogP contribution in [0, 0.1) is 0 Å². The number of hydrogen-bond donors (Lipinski definition) is 1. The SMILES string of the molecule is CCn1c(CN)nnc1SCCOc1c(Cl)cccc1Cl. The Hall–Kier alpha value is -0.950. The number of para-hydroxylation sites is 1. The summed E-state index contributed by atoms with van der Waals surface area (Å²) in [6.07, 6.45) is 0. The van der Waals surface area contributed by atoms with Crippen LogP contribution in [0.5, 0.6) is 5.75 Å². The van der Waals surface area contributed by atoms with Gasteiger partial charge in [-0.3, -0.25) is 0 Å². The highest BCUT2D eigenvalue weighted by molar-refractivity contribution is 7.99. The number of nitrogens with zero attached hydrogens (tertiary/aromatic N) is 3. The fourth-order valence-electron chi connectivity index (χ4n) is 1.79. The lowest BCUT2D eigenvalue weighted by Crippen LogP contribution is -2.08. The highest BCUT2D eigenvalue weighted by Crippen LogP contribution is 2.32. The van der Waals surface area contributed by atoms with Crippen LogP contribution in [-0.4, -0.2) is 27.1 Å². The van der Waals surface area contributed by atoms with Crippen LogP contribution in [0.1, 0.15) is 12.7 Å². The first-order valence-electron chi connectivity index (χ1n) is 6.49. The van der Waals surface area contributed by atoms with E-state index in [1.807, 2.05) is 11.5 Å². The van der Waals surface area contributed by atoms with E-state index in [0.717, 1.165) is 17.5 Å². The molecule has 0 atom stereocenters. The maximum Gasteiger partial charge on any atom is 0.191 e. The molecule has 2 aromatic rings. The van der Waals surface area contributed by atoms with E-state index in [-0.39, 0.29) is 0 Å². The third-order valence-corrected chi connectivity index (χ3v) is 4.30. The van der Waals surface area contributed by atoms with E-state index in [9.17, 15) is 0 Å². The molecule has 0 bridgehead atoms. The summed E-state index contributed by atoms with van der Waals surface area (Å²) in [5, 5.41) is 10.0. The van der Waals surface area contributed by atoms with E-state index in [0.29, 0.717) is 34.7 Å². The number of ether oxygens (including phenoxy) is 1. The number of halogens is 2. The predicted octanol–water partition coefficient (Wildman–Crippen LogP) is 3.23. The molecule has 114 valence electrons. The van der Waals surface area contributed by atoms with Crippen molar-refractivity contribution in [3.8, 4) is 5.75 Å². The zero-order chi connectivity index (χ0) is 15.2. The van der Waals surface area contributed by atoms with Crippen LogP contribution in [-0.2, 0) is 13.1 Å². The number of benzene rings is 1. The molecule has 0 aliphatic heterocycles. The smallest absolute Gasteiger partial charge is 0.191 e. The first-order chi connectivity index (χ1) is 10.2. The lowest BCUT2D eigenvalue weighted by Gasteiger charge is -2.09. The van der Waals surface area contributed by atoms with Gasteiger partial charge in [0.2, 0.25) is 0 Å². The van der Waals surface area contributed by atoms with Crippen molar-refractivity contribution < 1.29 is 4.74 Å². The van der Waals surface area contributed by atoms with Crippen molar-refractivity contribution in [1.29, 1.82) is 0 Å². The highest BCUT2D eigenvalue weighted by Gasteiger charge is 2.10. The zero-order valence-corrected chi connectivity index (χ0v) is 13.9. The van der Waals surface area contributed by atoms with Gasteiger partial charge in [-0.1, -0.05) is 41.0 Å². The summed E-state index contributed by atoms with van der Waals surface area (Å²) in [4.78, 5) is 0. The molecular formula is C13H16Cl2N4OS. The number of hydrogen-bond acceptors (Lipinski definition) is 5. The molecule has 8 heteroatoms. The molecule has 0 unspecified atom stereocenters. The van der Waals surface area contributed by atoms with Crippen LogP contribution in [0.3, 0.4) is 0 Å². The number of thioether (sulfide) groups is 1. The standard InChI is InChI=1S/C13H16Cl2N4OS/c1-2-19-11(8-16)17-18-13(19)21-7-6-20-12-9(14)4-3-5-10(12)15/h3-5H,2,6-8,16H2,1H3. The minimum atomic E-state index is 0.382. The molecule has 1 heterocycles. The Morgan fingerprint density at radius 3 is 2.62 bits per heavy atom. The van der Waals surface area contributed by atoms with Gasteiger partial charge in [0.15, 0.2) is 10.9 Å². The van der Waals surface area contributed by atoms with E-state index in [4.69, 9.17) is 33.7 Å². The average molecular weight is 347 g/mol. The highest BCUT2D eigenvalue weighted by atomic mass is 35.5. The molecule has 0 aliphatic carbocycles. The Labute approximate surface area is 137 Å². The van der Waals surface area contributed by atoms with Crippen LogP contribution >= 0.6 is 35.0 Å². The van der Waals surface area contributed by atoms with Gasteiger partial charge in [0, 0.05) is 12.3 Å². The molecule has 0 saturated heterocycles. The maximum atomic E-state index is 6.04. The van der Waals surface area contributed by atoms with Gasteiger partial charge in [0.25, 0.3) is 0 Å². The number of rotatable bonds is 7. The fourth-order valence-corrected chi connectivity index (χ4v) is 3.14. The van der Waals surface area contributed by atoms with Gasteiger partial charge >= 0.3 is 0 Å². The lowest BCUT2D eigenvalue weighted by atomic mass is 10.3. The van der Waals surface area contributed by atoms with E-state index in [1.165, 1.54) is 0 Å². The number of aromatic nitrogens is 3. The Morgan fingerprint density at radius 1 is 1.29 bits per heavy atom. The largest absolute Gasteiger partial charge is 0.490 e. The second-order valence-electron chi connectivity index (χ2n) is 4.09. The molecular weight excluding hydrogens is 331 g/mol. The summed E-state index contributed by atoms with van der Waals surface area (Å²) in [5.74, 6) is 2.01. The summed E-state index contributed by atoms with van der Waals surface area (Å²) in [6, 6.07) is 5.28. The summed E-state index contributed by atoms with van der Waals surface area (Å²) >= 11 is 13.6. The van der Waals surface area contributed by atoms with E-state index in [2.05, 4.69) is 10.2 Å². The van der Waals surface area contributed by atoms with Gasteiger partial charge in [0.1, 0.15) is 5.82 Å². The summed E-state index contributed by atoms with van der Waals surface area (Å²) in [7, 11) is 0. The molecule has 0 amide bonds. The molecule has 21 heavy (non-hydrogen) atoms. The van der Waals surface area contributed by atoms with Crippen molar-refractivity contribution >= 4 is 35.0 Å². The minimum absolute atomic E-state index is 0.382. The van der Waals surface area contributed by atoms with Crippen LogP contribution in [0.25, 0.3) is 0 Å². The molecule has 0 saturated carbocycles. The van der Waals surface area contributed by atoms with Crippen molar-refractivity contribution in [1.82, 2.24) is 14.8 Å². The fraction of sp³-hybridized carbons (Fsp3) is 0.385. The Morgan fingerprint density at radius 2 is 2.00 bits per heavy atom. The van der Waals surface area contributed by atoms with E-state index in [1.54, 1.807) is 30.0 Å². The zero-order valence-electron chi connectivity index (χ0n) is 11.6. The molecule has 2 N–H and O–H groups in total. The van der Waals surface area contributed by atoms with Crippen LogP contribution in [0.4, 0.5) is 0 Å². The van der Waals surface area contributed by atoms with Crippen molar-refractivity contribution in [2.24, 2.45) is 5.73 Å². The summed E-state index contributed by atoms with van der Waals surface area (Å²) in [5.41, 5.74) is 5.62. The first kappa shape index (κ1) is 16.4. The quantitative estimate of drug-likeness (QED) is 0.615. The van der Waals surface area contributed by atoms with Gasteiger partial charge < -0.3 is 15.0 Å². The average Bonchev–Trinajstić information content (AvgIpc) is 2.88. The van der Waals surface area contributed by atoms with Crippen LogP contribution in [0.2, 0.25) is 10.0 Å². The van der Waals surface area contributed by atoms with Crippen molar-refractivity contribution in [3.63, 3.8) is 0 Å². The predicted molar refractivity (Wildman–Crippen MR) is 86.3 cm³/mol.